The Morgan fingerprint density at radius 1 is 1.03 bits per heavy atom. The fraction of sp³-hybridized carbons (Fsp3) is 0.190. The molecule has 0 unspecified atom stereocenters. The van der Waals surface area contributed by atoms with Gasteiger partial charge in [0.1, 0.15) is 23.7 Å². The molecule has 0 aliphatic heterocycles. The zero-order valence-electron chi connectivity index (χ0n) is 15.8. The number of benzene rings is 2. The Morgan fingerprint density at radius 2 is 1.79 bits per heavy atom. The van der Waals surface area contributed by atoms with Crippen LogP contribution in [0.15, 0.2) is 54.9 Å². The third-order valence-corrected chi connectivity index (χ3v) is 4.68. The topological polar surface area (TPSA) is 88.2 Å². The average Bonchev–Trinajstić information content (AvgIpc) is 3.54. The van der Waals surface area contributed by atoms with Crippen molar-refractivity contribution >= 4 is 46.2 Å². The molecule has 148 valence electrons. The van der Waals surface area contributed by atoms with Gasteiger partial charge >= 0.3 is 0 Å². The molecular weight excluding hydrogens is 390 g/mol. The third kappa shape index (κ3) is 4.94. The van der Waals surface area contributed by atoms with Gasteiger partial charge in [0.2, 0.25) is 5.91 Å². The quantitative estimate of drug-likeness (QED) is 0.510. The van der Waals surface area contributed by atoms with Crippen LogP contribution in [0.1, 0.15) is 12.8 Å². The molecule has 3 aromatic rings. The Balaban J connectivity index is 1.48. The molecule has 0 saturated heterocycles. The van der Waals surface area contributed by atoms with Crippen molar-refractivity contribution in [3.05, 3.63) is 59.9 Å². The first-order valence-corrected chi connectivity index (χ1v) is 9.59. The van der Waals surface area contributed by atoms with Gasteiger partial charge in [-0.2, -0.15) is 0 Å². The number of methoxy groups -OCH3 is 1. The highest BCUT2D eigenvalue weighted by Gasteiger charge is 2.29. The Labute approximate surface area is 173 Å². The number of ether oxygens (including phenoxy) is 1. The van der Waals surface area contributed by atoms with Crippen LogP contribution in [-0.2, 0) is 4.79 Å². The van der Waals surface area contributed by atoms with Crippen molar-refractivity contribution in [2.45, 2.75) is 12.8 Å². The average molecular weight is 410 g/mol. The van der Waals surface area contributed by atoms with E-state index in [1.807, 2.05) is 24.3 Å². The Hall–Kier alpha value is -3.32. The minimum atomic E-state index is 0.0751. The summed E-state index contributed by atoms with van der Waals surface area (Å²) >= 11 is 6.08. The summed E-state index contributed by atoms with van der Waals surface area (Å²) in [6, 6.07) is 14.6. The monoisotopic (exact) mass is 409 g/mol. The van der Waals surface area contributed by atoms with E-state index in [1.165, 1.54) is 6.33 Å². The van der Waals surface area contributed by atoms with E-state index < -0.39 is 0 Å². The highest BCUT2D eigenvalue weighted by Crippen LogP contribution is 2.32. The lowest BCUT2D eigenvalue weighted by Gasteiger charge is -2.12. The van der Waals surface area contributed by atoms with E-state index in [0.717, 1.165) is 24.2 Å². The largest absolute Gasteiger partial charge is 0.495 e. The first kappa shape index (κ1) is 19.0. The van der Waals surface area contributed by atoms with Crippen LogP contribution in [0.3, 0.4) is 0 Å². The van der Waals surface area contributed by atoms with Crippen LogP contribution in [0.25, 0.3) is 0 Å². The molecule has 1 amide bonds. The number of hydrogen-bond acceptors (Lipinski definition) is 6. The van der Waals surface area contributed by atoms with E-state index in [1.54, 1.807) is 31.4 Å². The van der Waals surface area contributed by atoms with Crippen LogP contribution >= 0.6 is 11.6 Å². The SMILES string of the molecule is COc1ccc(Cl)cc1Nc1cc(Nc2cccc(NC(=O)C3CC3)c2)ncn1. The number of hydrogen-bond donors (Lipinski definition) is 3. The molecule has 0 bridgehead atoms. The molecule has 1 fully saturated rings. The number of nitrogens with one attached hydrogen (secondary N) is 3. The number of amides is 1. The van der Waals surface area contributed by atoms with E-state index in [2.05, 4.69) is 25.9 Å². The van der Waals surface area contributed by atoms with E-state index in [-0.39, 0.29) is 11.8 Å². The third-order valence-electron chi connectivity index (χ3n) is 4.44. The van der Waals surface area contributed by atoms with E-state index >= 15 is 0 Å². The molecule has 0 spiro atoms. The second-order valence-electron chi connectivity index (χ2n) is 6.73. The number of rotatable bonds is 7. The summed E-state index contributed by atoms with van der Waals surface area (Å²) in [5, 5.41) is 9.95. The van der Waals surface area contributed by atoms with Gasteiger partial charge in [0.15, 0.2) is 0 Å². The maximum Gasteiger partial charge on any atom is 0.227 e. The smallest absolute Gasteiger partial charge is 0.227 e. The van der Waals surface area contributed by atoms with Crippen LogP contribution in [0.4, 0.5) is 28.7 Å². The number of carbonyl (C=O) groups excluding carboxylic acids is 1. The maximum absolute atomic E-state index is 12.0. The van der Waals surface area contributed by atoms with Gasteiger partial charge in [-0.15, -0.1) is 0 Å². The molecular formula is C21H20ClN5O2. The number of carbonyl (C=O) groups is 1. The summed E-state index contributed by atoms with van der Waals surface area (Å²) in [6.45, 7) is 0. The van der Waals surface area contributed by atoms with Gasteiger partial charge in [-0.05, 0) is 49.2 Å². The van der Waals surface area contributed by atoms with Gasteiger partial charge in [0.25, 0.3) is 0 Å². The molecule has 1 aliphatic carbocycles. The van der Waals surface area contributed by atoms with Crippen molar-refractivity contribution < 1.29 is 9.53 Å². The molecule has 1 aromatic heterocycles. The Bertz CT molecular complexity index is 1040. The van der Waals surface area contributed by atoms with Gasteiger partial charge in [-0.25, -0.2) is 9.97 Å². The molecule has 8 heteroatoms. The summed E-state index contributed by atoms with van der Waals surface area (Å²) < 4.78 is 5.35. The molecule has 0 atom stereocenters. The molecule has 0 radical (unpaired) electrons. The lowest BCUT2D eigenvalue weighted by atomic mass is 10.2. The van der Waals surface area contributed by atoms with Gasteiger partial charge in [0, 0.05) is 28.4 Å². The normalized spacial score (nSPS) is 12.9. The van der Waals surface area contributed by atoms with Gasteiger partial charge < -0.3 is 20.7 Å². The summed E-state index contributed by atoms with van der Waals surface area (Å²) in [5.74, 6) is 2.08. The number of nitrogens with zero attached hydrogens (tertiary/aromatic N) is 2. The fourth-order valence-electron chi connectivity index (χ4n) is 2.82. The van der Waals surface area contributed by atoms with Crippen LogP contribution in [0, 0.1) is 5.92 Å². The van der Waals surface area contributed by atoms with Crippen LogP contribution < -0.4 is 20.7 Å². The van der Waals surface area contributed by atoms with Crippen molar-refractivity contribution in [2.75, 3.05) is 23.1 Å². The van der Waals surface area contributed by atoms with Crippen LogP contribution in [0.5, 0.6) is 5.75 Å². The van der Waals surface area contributed by atoms with Crippen molar-refractivity contribution in [3.63, 3.8) is 0 Å². The predicted molar refractivity (Wildman–Crippen MR) is 114 cm³/mol. The molecule has 29 heavy (non-hydrogen) atoms. The molecule has 1 heterocycles. The number of anilines is 5. The lowest BCUT2D eigenvalue weighted by molar-refractivity contribution is -0.117. The van der Waals surface area contributed by atoms with Crippen molar-refractivity contribution in [1.82, 2.24) is 9.97 Å². The number of halogens is 1. The molecule has 3 N–H and O–H groups in total. The molecule has 7 nitrogen and oxygen atoms in total. The minimum absolute atomic E-state index is 0.0751. The lowest BCUT2D eigenvalue weighted by Crippen LogP contribution is -2.13. The highest BCUT2D eigenvalue weighted by molar-refractivity contribution is 6.31. The Morgan fingerprint density at radius 3 is 2.55 bits per heavy atom. The van der Waals surface area contributed by atoms with Gasteiger partial charge in [-0.1, -0.05) is 17.7 Å². The second kappa shape index (κ2) is 8.36. The summed E-state index contributed by atoms with van der Waals surface area (Å²) in [6.07, 6.45) is 3.40. The van der Waals surface area contributed by atoms with E-state index in [9.17, 15) is 4.79 Å². The summed E-state index contributed by atoms with van der Waals surface area (Å²) in [5.41, 5.74) is 2.26. The Kier molecular flexibility index (Phi) is 5.48. The van der Waals surface area contributed by atoms with E-state index in [4.69, 9.17) is 16.3 Å². The van der Waals surface area contributed by atoms with Crippen molar-refractivity contribution in [3.8, 4) is 5.75 Å². The summed E-state index contributed by atoms with van der Waals surface area (Å²) in [7, 11) is 1.59. The van der Waals surface area contributed by atoms with Crippen LogP contribution in [-0.4, -0.2) is 23.0 Å². The van der Waals surface area contributed by atoms with Gasteiger partial charge in [0.05, 0.1) is 12.8 Å². The van der Waals surface area contributed by atoms with Crippen LogP contribution in [0.2, 0.25) is 5.02 Å². The fourth-order valence-corrected chi connectivity index (χ4v) is 2.99. The molecule has 4 rings (SSSR count). The summed E-state index contributed by atoms with van der Waals surface area (Å²) in [4.78, 5) is 20.5. The highest BCUT2D eigenvalue weighted by atomic mass is 35.5. The standard InChI is InChI=1S/C21H20ClN5O2/c1-29-18-8-7-14(22)9-17(18)27-20-11-19(23-12-24-20)25-15-3-2-4-16(10-15)26-21(28)13-5-6-13/h2-4,7-13H,5-6H2,1H3,(H,26,28)(H2,23,24,25,27). The zero-order chi connectivity index (χ0) is 20.2. The maximum atomic E-state index is 12.0. The molecule has 1 aliphatic rings. The molecule has 2 aromatic carbocycles. The number of aromatic nitrogens is 2. The van der Waals surface area contributed by atoms with E-state index in [0.29, 0.717) is 28.1 Å². The first-order chi connectivity index (χ1) is 14.1. The van der Waals surface area contributed by atoms with Gasteiger partial charge in [-0.3, -0.25) is 4.79 Å². The van der Waals surface area contributed by atoms with Crippen molar-refractivity contribution in [1.29, 1.82) is 0 Å². The second-order valence-corrected chi connectivity index (χ2v) is 7.16. The minimum Gasteiger partial charge on any atom is -0.495 e. The van der Waals surface area contributed by atoms with Crippen molar-refractivity contribution in [2.24, 2.45) is 5.92 Å². The zero-order valence-corrected chi connectivity index (χ0v) is 16.5. The predicted octanol–water partition coefficient (Wildman–Crippen LogP) is 4.97. The molecule has 1 saturated carbocycles. The first-order valence-electron chi connectivity index (χ1n) is 9.21.